The number of benzene rings is 1. The van der Waals surface area contributed by atoms with Crippen LogP contribution in [0.15, 0.2) is 27.4 Å². The van der Waals surface area contributed by atoms with E-state index in [1.54, 1.807) is 6.07 Å². The Morgan fingerprint density at radius 2 is 1.96 bits per heavy atom. The molecule has 0 radical (unpaired) electrons. The molecule has 146 valence electrons. The van der Waals surface area contributed by atoms with E-state index in [0.29, 0.717) is 18.1 Å². The van der Waals surface area contributed by atoms with Crippen molar-refractivity contribution < 1.29 is 18.8 Å². The van der Waals surface area contributed by atoms with Crippen LogP contribution in [0.3, 0.4) is 0 Å². The third kappa shape index (κ3) is 4.41. The van der Waals surface area contributed by atoms with Crippen molar-refractivity contribution in [3.05, 3.63) is 45.3 Å². The second kappa shape index (κ2) is 8.26. The predicted octanol–water partition coefficient (Wildman–Crippen LogP) is 2.58. The highest BCUT2D eigenvalue weighted by molar-refractivity contribution is 5.82. The van der Waals surface area contributed by atoms with Crippen LogP contribution >= 0.6 is 0 Å². The summed E-state index contributed by atoms with van der Waals surface area (Å²) in [6.07, 6.45) is 1.67. The zero-order chi connectivity index (χ0) is 19.6. The quantitative estimate of drug-likeness (QED) is 0.647. The highest BCUT2D eigenvalue weighted by Crippen LogP contribution is 2.26. The number of esters is 1. The highest BCUT2D eigenvalue weighted by Gasteiger charge is 2.28. The van der Waals surface area contributed by atoms with Crippen LogP contribution in [-0.4, -0.2) is 25.7 Å². The number of fused-ring (bicyclic) bond motifs is 1. The molecule has 1 aromatic carbocycles. The maximum atomic E-state index is 12.1. The fraction of sp³-hybridized carbons (Fsp3) is 0.545. The van der Waals surface area contributed by atoms with Crippen LogP contribution in [-0.2, 0) is 16.1 Å². The molecule has 1 saturated heterocycles. The minimum atomic E-state index is -0.296. The van der Waals surface area contributed by atoms with E-state index in [2.05, 4.69) is 26.8 Å². The van der Waals surface area contributed by atoms with Crippen molar-refractivity contribution in [3.8, 4) is 0 Å². The first-order valence-corrected chi connectivity index (χ1v) is 9.96. The molecule has 1 aliphatic heterocycles. The standard InChI is InChI=1S/C22H29NO4/c1-5-26-22(25)16-6-8-23(9-7-16)13-17-11-21(24)27-20-10-15(4)18(14(2)3)12-19(17)20/h10-12,14,16H,5-9,13H2,1-4H3/p+1. The maximum absolute atomic E-state index is 12.1. The van der Waals surface area contributed by atoms with Gasteiger partial charge in [0.05, 0.1) is 25.6 Å². The number of nitrogens with one attached hydrogen (secondary N) is 1. The van der Waals surface area contributed by atoms with E-state index in [9.17, 15) is 9.59 Å². The summed E-state index contributed by atoms with van der Waals surface area (Å²) in [5, 5.41) is 1.03. The molecule has 1 aliphatic rings. The van der Waals surface area contributed by atoms with Gasteiger partial charge in [-0.25, -0.2) is 4.79 Å². The number of ether oxygens (including phenoxy) is 1. The van der Waals surface area contributed by atoms with Gasteiger partial charge in [0.2, 0.25) is 0 Å². The molecule has 5 nitrogen and oxygen atoms in total. The Labute approximate surface area is 160 Å². The molecule has 5 heteroatoms. The second-order valence-corrected chi connectivity index (χ2v) is 7.90. The molecule has 0 aliphatic carbocycles. The third-order valence-corrected chi connectivity index (χ3v) is 5.59. The van der Waals surface area contributed by atoms with Gasteiger partial charge in [-0.2, -0.15) is 0 Å². The van der Waals surface area contributed by atoms with Crippen molar-refractivity contribution >= 4 is 16.9 Å². The summed E-state index contributed by atoms with van der Waals surface area (Å²) in [6, 6.07) is 5.79. The van der Waals surface area contributed by atoms with Crippen molar-refractivity contribution in [2.45, 2.75) is 53.0 Å². The molecule has 1 N–H and O–H groups in total. The Kier molecular flexibility index (Phi) is 6.00. The minimum Gasteiger partial charge on any atom is -0.466 e. The number of hydrogen-bond acceptors (Lipinski definition) is 4. The molecule has 1 fully saturated rings. The first-order valence-electron chi connectivity index (χ1n) is 9.96. The SMILES string of the molecule is CCOC(=O)C1CC[NH+](Cc2cc(=O)oc3cc(C)c(C(C)C)cc23)CC1. The van der Waals surface area contributed by atoms with Crippen LogP contribution in [0, 0.1) is 12.8 Å². The van der Waals surface area contributed by atoms with Gasteiger partial charge in [0.25, 0.3) is 0 Å². The van der Waals surface area contributed by atoms with E-state index in [0.717, 1.165) is 49.0 Å². The molecule has 3 rings (SSSR count). The minimum absolute atomic E-state index is 0.0153. The molecule has 27 heavy (non-hydrogen) atoms. The lowest BCUT2D eigenvalue weighted by atomic mass is 9.94. The highest BCUT2D eigenvalue weighted by atomic mass is 16.5. The van der Waals surface area contributed by atoms with E-state index in [1.807, 2.05) is 13.0 Å². The summed E-state index contributed by atoms with van der Waals surface area (Å²) in [4.78, 5) is 25.4. The lowest BCUT2D eigenvalue weighted by Crippen LogP contribution is -3.11. The van der Waals surface area contributed by atoms with Crippen LogP contribution in [0.1, 0.15) is 56.2 Å². The molecular formula is C22H30NO4+. The fourth-order valence-electron chi connectivity index (χ4n) is 4.13. The van der Waals surface area contributed by atoms with Gasteiger partial charge in [-0.3, -0.25) is 4.79 Å². The van der Waals surface area contributed by atoms with E-state index in [1.165, 1.54) is 10.5 Å². The predicted molar refractivity (Wildman–Crippen MR) is 105 cm³/mol. The molecule has 0 unspecified atom stereocenters. The van der Waals surface area contributed by atoms with E-state index in [4.69, 9.17) is 9.15 Å². The zero-order valence-corrected chi connectivity index (χ0v) is 16.8. The Morgan fingerprint density at radius 1 is 1.26 bits per heavy atom. The summed E-state index contributed by atoms with van der Waals surface area (Å²) >= 11 is 0. The van der Waals surface area contributed by atoms with Crippen LogP contribution in [0.5, 0.6) is 0 Å². The maximum Gasteiger partial charge on any atom is 0.336 e. The number of aryl methyl sites for hydroxylation is 1. The number of carbonyl (C=O) groups excluding carboxylic acids is 1. The Hall–Kier alpha value is -2.14. The van der Waals surface area contributed by atoms with Gasteiger partial charge in [-0.05, 0) is 43.0 Å². The molecule has 0 amide bonds. The number of rotatable bonds is 5. The molecule has 2 aromatic rings. The largest absolute Gasteiger partial charge is 0.466 e. The first kappa shape index (κ1) is 19.6. The normalized spacial score (nSPS) is 20.2. The average molecular weight is 372 g/mol. The lowest BCUT2D eigenvalue weighted by Gasteiger charge is -2.28. The van der Waals surface area contributed by atoms with E-state index in [-0.39, 0.29) is 17.5 Å². The summed E-state index contributed by atoms with van der Waals surface area (Å²) in [5.74, 6) is 0.364. The number of piperidine rings is 1. The lowest BCUT2D eigenvalue weighted by molar-refractivity contribution is -0.919. The van der Waals surface area contributed by atoms with Crippen LogP contribution in [0.25, 0.3) is 11.0 Å². The Balaban J connectivity index is 1.82. The van der Waals surface area contributed by atoms with Crippen molar-refractivity contribution in [1.82, 2.24) is 0 Å². The Bertz CT molecular complexity index is 876. The van der Waals surface area contributed by atoms with Gasteiger partial charge >= 0.3 is 11.6 Å². The van der Waals surface area contributed by atoms with Gasteiger partial charge in [-0.15, -0.1) is 0 Å². The van der Waals surface area contributed by atoms with Crippen LogP contribution in [0.2, 0.25) is 0 Å². The summed E-state index contributed by atoms with van der Waals surface area (Å²) in [5.41, 5.74) is 3.84. The van der Waals surface area contributed by atoms with Crippen molar-refractivity contribution in [2.75, 3.05) is 19.7 Å². The molecular weight excluding hydrogens is 342 g/mol. The molecule has 0 saturated carbocycles. The average Bonchev–Trinajstić information content (AvgIpc) is 2.61. The zero-order valence-electron chi connectivity index (χ0n) is 16.8. The van der Waals surface area contributed by atoms with E-state index >= 15 is 0 Å². The molecule has 2 heterocycles. The van der Waals surface area contributed by atoms with Gasteiger partial charge in [0.1, 0.15) is 12.1 Å². The molecule has 0 spiro atoms. The number of likely N-dealkylation sites (tertiary alicyclic amines) is 1. The van der Waals surface area contributed by atoms with Crippen molar-refractivity contribution in [3.63, 3.8) is 0 Å². The summed E-state index contributed by atoms with van der Waals surface area (Å²) in [6.45, 7) is 11.3. The number of carbonyl (C=O) groups is 1. The van der Waals surface area contributed by atoms with Gasteiger partial charge in [0.15, 0.2) is 0 Å². The molecule has 0 bridgehead atoms. The fourth-order valence-corrected chi connectivity index (χ4v) is 4.13. The number of quaternary nitrogens is 1. The third-order valence-electron chi connectivity index (χ3n) is 5.59. The summed E-state index contributed by atoms with van der Waals surface area (Å²) < 4.78 is 10.6. The van der Waals surface area contributed by atoms with Gasteiger partial charge in [0, 0.05) is 29.9 Å². The van der Waals surface area contributed by atoms with Gasteiger partial charge in [-0.1, -0.05) is 13.8 Å². The monoisotopic (exact) mass is 372 g/mol. The van der Waals surface area contributed by atoms with Gasteiger partial charge < -0.3 is 14.1 Å². The number of hydrogen-bond donors (Lipinski definition) is 1. The van der Waals surface area contributed by atoms with E-state index < -0.39 is 0 Å². The molecule has 1 aromatic heterocycles. The Morgan fingerprint density at radius 3 is 2.59 bits per heavy atom. The second-order valence-electron chi connectivity index (χ2n) is 7.90. The topological polar surface area (TPSA) is 61.0 Å². The smallest absolute Gasteiger partial charge is 0.336 e. The van der Waals surface area contributed by atoms with Crippen molar-refractivity contribution in [1.29, 1.82) is 0 Å². The first-order chi connectivity index (χ1) is 12.9. The molecule has 0 atom stereocenters. The van der Waals surface area contributed by atoms with Crippen LogP contribution < -0.4 is 10.5 Å². The van der Waals surface area contributed by atoms with Crippen LogP contribution in [0.4, 0.5) is 0 Å². The van der Waals surface area contributed by atoms with Crippen molar-refractivity contribution in [2.24, 2.45) is 5.92 Å². The summed E-state index contributed by atoms with van der Waals surface area (Å²) in [7, 11) is 0.